The minimum atomic E-state index is 0.646. The topological polar surface area (TPSA) is 24.9 Å². The molecule has 0 aliphatic rings. The number of rotatable bonds is 3. The van der Waals surface area contributed by atoms with Gasteiger partial charge in [0.25, 0.3) is 0 Å². The van der Waals surface area contributed by atoms with E-state index in [1.807, 2.05) is 18.2 Å². The molecule has 5 heteroatoms. The van der Waals surface area contributed by atoms with Crippen LogP contribution in [0.3, 0.4) is 0 Å². The lowest BCUT2D eigenvalue weighted by Gasteiger charge is -2.04. The monoisotopic (exact) mass is 302 g/mol. The van der Waals surface area contributed by atoms with Crippen molar-refractivity contribution in [2.24, 2.45) is 0 Å². The Morgan fingerprint density at radius 3 is 2.93 bits per heavy atom. The number of hydrogen-bond acceptors (Lipinski definition) is 3. The number of anilines is 1. The Balaban J connectivity index is 2.02. The molecule has 2 rings (SSSR count). The molecule has 0 amide bonds. The van der Waals surface area contributed by atoms with Gasteiger partial charge >= 0.3 is 0 Å². The molecule has 2 aromatic rings. The molecule has 0 saturated heterocycles. The van der Waals surface area contributed by atoms with E-state index in [0.29, 0.717) is 5.02 Å². The van der Waals surface area contributed by atoms with Gasteiger partial charge in [0.1, 0.15) is 5.82 Å². The van der Waals surface area contributed by atoms with Gasteiger partial charge in [0, 0.05) is 11.1 Å². The molecule has 0 spiro atoms. The maximum Gasteiger partial charge on any atom is 0.145 e. The maximum atomic E-state index is 5.96. The van der Waals surface area contributed by atoms with Crippen LogP contribution in [0.25, 0.3) is 0 Å². The van der Waals surface area contributed by atoms with Gasteiger partial charge in [-0.2, -0.15) is 0 Å². The van der Waals surface area contributed by atoms with Crippen LogP contribution in [-0.2, 0) is 6.54 Å². The van der Waals surface area contributed by atoms with E-state index < -0.39 is 0 Å². The zero-order chi connectivity index (χ0) is 10.7. The van der Waals surface area contributed by atoms with E-state index in [9.17, 15) is 0 Å². The summed E-state index contributed by atoms with van der Waals surface area (Å²) in [7, 11) is 0. The summed E-state index contributed by atoms with van der Waals surface area (Å²) in [4.78, 5) is 5.39. The predicted octanol–water partition coefficient (Wildman–Crippen LogP) is 4.17. The second-order valence-corrected chi connectivity index (χ2v) is 5.85. The number of hydrogen-bond donors (Lipinski definition) is 1. The summed E-state index contributed by atoms with van der Waals surface area (Å²) in [5, 5.41) is 3.84. The first kappa shape index (κ1) is 10.9. The molecule has 2 nitrogen and oxygen atoms in total. The van der Waals surface area contributed by atoms with Crippen LogP contribution < -0.4 is 5.32 Å². The van der Waals surface area contributed by atoms with Gasteiger partial charge in [-0.3, -0.25) is 0 Å². The zero-order valence-electron chi connectivity index (χ0n) is 7.71. The van der Waals surface area contributed by atoms with Crippen molar-refractivity contribution in [2.45, 2.75) is 6.54 Å². The summed E-state index contributed by atoms with van der Waals surface area (Å²) in [6, 6.07) is 7.73. The van der Waals surface area contributed by atoms with Crippen molar-refractivity contribution >= 4 is 44.7 Å². The van der Waals surface area contributed by atoms with Gasteiger partial charge < -0.3 is 5.32 Å². The lowest BCUT2D eigenvalue weighted by atomic mass is 10.4. The number of thiophene rings is 1. The van der Waals surface area contributed by atoms with Crippen molar-refractivity contribution in [2.75, 3.05) is 5.32 Å². The summed E-state index contributed by atoms with van der Waals surface area (Å²) in [5.74, 6) is 0.726. The highest BCUT2D eigenvalue weighted by molar-refractivity contribution is 9.11. The minimum absolute atomic E-state index is 0.646. The van der Waals surface area contributed by atoms with Crippen LogP contribution in [0.4, 0.5) is 5.82 Å². The normalized spacial score (nSPS) is 10.3. The zero-order valence-corrected chi connectivity index (χ0v) is 10.9. The van der Waals surface area contributed by atoms with Crippen LogP contribution in [0.15, 0.2) is 34.2 Å². The Labute approximate surface area is 105 Å². The molecular formula is C10H8BrClN2S. The average Bonchev–Trinajstić information content (AvgIpc) is 2.63. The van der Waals surface area contributed by atoms with Crippen molar-refractivity contribution in [1.29, 1.82) is 0 Å². The van der Waals surface area contributed by atoms with Gasteiger partial charge in [-0.25, -0.2) is 4.98 Å². The molecule has 78 valence electrons. The lowest BCUT2D eigenvalue weighted by molar-refractivity contribution is 1.14. The minimum Gasteiger partial charge on any atom is -0.364 e. The SMILES string of the molecule is Clc1cccnc1NCc1ccc(Br)s1. The first-order chi connectivity index (χ1) is 7.25. The average molecular weight is 304 g/mol. The van der Waals surface area contributed by atoms with Crippen molar-refractivity contribution in [3.05, 3.63) is 44.1 Å². The van der Waals surface area contributed by atoms with E-state index in [-0.39, 0.29) is 0 Å². The van der Waals surface area contributed by atoms with Crippen LogP contribution in [0.2, 0.25) is 5.02 Å². The van der Waals surface area contributed by atoms with Crippen molar-refractivity contribution < 1.29 is 0 Å². The second kappa shape index (κ2) is 4.96. The first-order valence-electron chi connectivity index (χ1n) is 4.34. The standard InChI is InChI=1S/C10H8BrClN2S/c11-9-4-3-7(15-9)6-14-10-8(12)2-1-5-13-10/h1-5H,6H2,(H,13,14). The molecule has 0 radical (unpaired) electrons. The lowest BCUT2D eigenvalue weighted by Crippen LogP contribution is -1.99. The second-order valence-electron chi connectivity index (χ2n) is 2.89. The maximum absolute atomic E-state index is 5.96. The Morgan fingerprint density at radius 1 is 1.40 bits per heavy atom. The molecular weight excluding hydrogens is 296 g/mol. The van der Waals surface area contributed by atoms with Crippen molar-refractivity contribution in [3.8, 4) is 0 Å². The number of halogens is 2. The highest BCUT2D eigenvalue weighted by atomic mass is 79.9. The third-order valence-electron chi connectivity index (χ3n) is 1.82. The fourth-order valence-corrected chi connectivity index (χ4v) is 2.74. The van der Waals surface area contributed by atoms with Crippen molar-refractivity contribution in [1.82, 2.24) is 4.98 Å². The molecule has 0 aromatic carbocycles. The van der Waals surface area contributed by atoms with Crippen LogP contribution in [0.5, 0.6) is 0 Å². The fraction of sp³-hybridized carbons (Fsp3) is 0.100. The molecule has 15 heavy (non-hydrogen) atoms. The molecule has 0 atom stereocenters. The van der Waals surface area contributed by atoms with E-state index in [2.05, 4.69) is 32.3 Å². The third kappa shape index (κ3) is 2.93. The Hall–Kier alpha value is -0.580. The molecule has 2 heterocycles. The van der Waals surface area contributed by atoms with E-state index >= 15 is 0 Å². The predicted molar refractivity (Wildman–Crippen MR) is 68.6 cm³/mol. The van der Waals surface area contributed by atoms with Gasteiger partial charge in [0.05, 0.1) is 15.4 Å². The van der Waals surface area contributed by atoms with Crippen molar-refractivity contribution in [3.63, 3.8) is 0 Å². The van der Waals surface area contributed by atoms with Gasteiger partial charge in [0.2, 0.25) is 0 Å². The summed E-state index contributed by atoms with van der Waals surface area (Å²) in [6.45, 7) is 0.743. The van der Waals surface area contributed by atoms with Gasteiger partial charge in [-0.15, -0.1) is 11.3 Å². The Bertz CT molecular complexity index is 458. The van der Waals surface area contributed by atoms with Crippen LogP contribution in [0.1, 0.15) is 4.88 Å². The number of nitrogens with zero attached hydrogens (tertiary/aromatic N) is 1. The molecule has 0 aliphatic carbocycles. The van der Waals surface area contributed by atoms with Crippen LogP contribution in [0, 0.1) is 0 Å². The molecule has 0 aliphatic heterocycles. The third-order valence-corrected chi connectivity index (χ3v) is 3.75. The summed E-state index contributed by atoms with van der Waals surface area (Å²) in [5.41, 5.74) is 0. The Morgan fingerprint density at radius 2 is 2.27 bits per heavy atom. The largest absolute Gasteiger partial charge is 0.364 e. The van der Waals surface area contributed by atoms with E-state index in [4.69, 9.17) is 11.6 Å². The van der Waals surface area contributed by atoms with E-state index in [1.54, 1.807) is 17.5 Å². The number of aromatic nitrogens is 1. The van der Waals surface area contributed by atoms with E-state index in [0.717, 1.165) is 16.1 Å². The molecule has 0 saturated carbocycles. The fourth-order valence-electron chi connectivity index (χ4n) is 1.13. The summed E-state index contributed by atoms with van der Waals surface area (Å²) in [6.07, 6.45) is 1.72. The first-order valence-corrected chi connectivity index (χ1v) is 6.33. The molecule has 0 fully saturated rings. The van der Waals surface area contributed by atoms with Gasteiger partial charge in [0.15, 0.2) is 0 Å². The number of pyridine rings is 1. The van der Waals surface area contributed by atoms with Gasteiger partial charge in [-0.1, -0.05) is 11.6 Å². The van der Waals surface area contributed by atoms with Crippen LogP contribution >= 0.6 is 38.9 Å². The summed E-state index contributed by atoms with van der Waals surface area (Å²) < 4.78 is 1.13. The molecule has 0 unspecified atom stereocenters. The highest BCUT2D eigenvalue weighted by Crippen LogP contribution is 2.24. The number of nitrogens with one attached hydrogen (secondary N) is 1. The Kier molecular flexibility index (Phi) is 3.61. The van der Waals surface area contributed by atoms with Crippen LogP contribution in [-0.4, -0.2) is 4.98 Å². The summed E-state index contributed by atoms with van der Waals surface area (Å²) >= 11 is 11.1. The molecule has 2 aromatic heterocycles. The van der Waals surface area contributed by atoms with E-state index in [1.165, 1.54) is 4.88 Å². The quantitative estimate of drug-likeness (QED) is 0.920. The smallest absolute Gasteiger partial charge is 0.145 e. The highest BCUT2D eigenvalue weighted by Gasteiger charge is 2.01. The van der Waals surface area contributed by atoms with Gasteiger partial charge in [-0.05, 0) is 40.2 Å². The molecule has 0 bridgehead atoms. The molecule has 1 N–H and O–H groups in total.